The molecule has 0 saturated heterocycles. The summed E-state index contributed by atoms with van der Waals surface area (Å²) in [5, 5.41) is 0. The fourth-order valence-electron chi connectivity index (χ4n) is 1.90. The van der Waals surface area contributed by atoms with Crippen molar-refractivity contribution in [3.05, 3.63) is 56.0 Å². The molecule has 0 N–H and O–H groups in total. The first-order valence-corrected chi connectivity index (χ1v) is 12.4. The van der Waals surface area contributed by atoms with E-state index in [0.29, 0.717) is 0 Å². The van der Waals surface area contributed by atoms with Gasteiger partial charge < -0.3 is 0 Å². The standard InChI is InChI=1S/2C8H6N2S3/c2*1-5-7(12-13-8(5)11)6-4-9-2-3-10-6/h2*2-4H,1H3. The normalized spacial score (nSPS) is 10.2. The zero-order chi connectivity index (χ0) is 18.5. The smallest absolute Gasteiger partial charge is 0.105 e. The van der Waals surface area contributed by atoms with Gasteiger partial charge in [0.25, 0.3) is 0 Å². The molecule has 4 heterocycles. The molecule has 0 aliphatic rings. The molecular weight excluding hydrogens is 441 g/mol. The van der Waals surface area contributed by atoms with Crippen molar-refractivity contribution in [1.82, 2.24) is 19.9 Å². The molecule has 4 aromatic rings. The van der Waals surface area contributed by atoms with Crippen molar-refractivity contribution >= 4 is 65.8 Å². The minimum Gasteiger partial charge on any atom is -0.261 e. The minimum atomic E-state index is 0.914. The first-order valence-electron chi connectivity index (χ1n) is 7.30. The van der Waals surface area contributed by atoms with Gasteiger partial charge in [-0.1, -0.05) is 65.8 Å². The third-order valence-corrected chi connectivity index (χ3v) is 9.98. The van der Waals surface area contributed by atoms with Crippen LogP contribution in [0.1, 0.15) is 11.1 Å². The fraction of sp³-hybridized carbons (Fsp3) is 0.125. The van der Waals surface area contributed by atoms with Crippen molar-refractivity contribution in [2.75, 3.05) is 0 Å². The molecule has 0 amide bonds. The third-order valence-electron chi connectivity index (χ3n) is 3.29. The Morgan fingerprint density at radius 1 is 0.654 bits per heavy atom. The average molecular weight is 453 g/mol. The molecule has 0 radical (unpaired) electrons. The lowest BCUT2D eigenvalue weighted by atomic mass is 10.3. The van der Waals surface area contributed by atoms with Gasteiger partial charge in [0.15, 0.2) is 0 Å². The average Bonchev–Trinajstić information content (AvgIpc) is 3.19. The van der Waals surface area contributed by atoms with Crippen LogP contribution < -0.4 is 0 Å². The van der Waals surface area contributed by atoms with Crippen molar-refractivity contribution in [2.45, 2.75) is 13.8 Å². The van der Waals surface area contributed by atoms with Gasteiger partial charge in [-0.2, -0.15) is 0 Å². The predicted octanol–water partition coefficient (Wildman–Crippen LogP) is 6.61. The summed E-state index contributed by atoms with van der Waals surface area (Å²) in [6.45, 7) is 4.05. The van der Waals surface area contributed by atoms with E-state index in [2.05, 4.69) is 19.9 Å². The Balaban J connectivity index is 0.000000151. The van der Waals surface area contributed by atoms with Crippen molar-refractivity contribution in [3.63, 3.8) is 0 Å². The van der Waals surface area contributed by atoms with E-state index in [0.717, 1.165) is 39.9 Å². The van der Waals surface area contributed by atoms with E-state index in [1.165, 1.54) is 0 Å². The molecule has 132 valence electrons. The molecule has 4 nitrogen and oxygen atoms in total. The van der Waals surface area contributed by atoms with E-state index >= 15 is 0 Å². The van der Waals surface area contributed by atoms with Crippen LogP contribution in [0.5, 0.6) is 0 Å². The summed E-state index contributed by atoms with van der Waals surface area (Å²) in [7, 11) is 6.56. The molecule has 0 aliphatic heterocycles. The van der Waals surface area contributed by atoms with Crippen LogP contribution in [0.2, 0.25) is 0 Å². The van der Waals surface area contributed by atoms with Crippen LogP contribution in [0.3, 0.4) is 0 Å². The first-order chi connectivity index (χ1) is 12.6. The van der Waals surface area contributed by atoms with Gasteiger partial charge in [-0.25, -0.2) is 0 Å². The van der Waals surface area contributed by atoms with Gasteiger partial charge in [0.05, 0.1) is 33.5 Å². The van der Waals surface area contributed by atoms with Crippen LogP contribution in [0, 0.1) is 21.5 Å². The van der Waals surface area contributed by atoms with Crippen LogP contribution in [0.25, 0.3) is 21.1 Å². The van der Waals surface area contributed by atoms with Gasteiger partial charge >= 0.3 is 0 Å². The Hall–Kier alpha value is -1.30. The zero-order valence-electron chi connectivity index (χ0n) is 13.7. The summed E-state index contributed by atoms with van der Waals surface area (Å²) >= 11 is 10.3. The second-order valence-corrected chi connectivity index (χ2v) is 10.6. The van der Waals surface area contributed by atoms with Gasteiger partial charge in [-0.05, 0) is 25.0 Å². The molecule has 10 heteroatoms. The lowest BCUT2D eigenvalue weighted by Crippen LogP contribution is -1.82. The highest BCUT2D eigenvalue weighted by molar-refractivity contribution is 7.80. The van der Waals surface area contributed by atoms with Crippen LogP contribution in [0.4, 0.5) is 0 Å². The second-order valence-electron chi connectivity index (χ2n) is 5.00. The van der Waals surface area contributed by atoms with Gasteiger partial charge in [0.2, 0.25) is 0 Å². The molecule has 4 aromatic heterocycles. The quantitative estimate of drug-likeness (QED) is 0.252. The number of aromatic nitrogens is 4. The SMILES string of the molecule is Cc1c(-c2cnccn2)ssc1=S.Cc1c(-c2cnccn2)ssc1=S. The van der Waals surface area contributed by atoms with E-state index < -0.39 is 0 Å². The number of hydrogen-bond acceptors (Lipinski definition) is 10. The topological polar surface area (TPSA) is 51.6 Å². The maximum atomic E-state index is 5.15. The van der Waals surface area contributed by atoms with Crippen molar-refractivity contribution in [2.24, 2.45) is 0 Å². The lowest BCUT2D eigenvalue weighted by Gasteiger charge is -1.94. The molecule has 0 atom stereocenters. The molecule has 0 unspecified atom stereocenters. The molecule has 26 heavy (non-hydrogen) atoms. The fourth-order valence-corrected chi connectivity index (χ4v) is 7.55. The maximum Gasteiger partial charge on any atom is 0.105 e. The Morgan fingerprint density at radius 2 is 1.08 bits per heavy atom. The molecule has 0 saturated carbocycles. The number of rotatable bonds is 2. The Morgan fingerprint density at radius 3 is 1.35 bits per heavy atom. The molecular formula is C16H12N4S6. The van der Waals surface area contributed by atoms with Gasteiger partial charge in [0, 0.05) is 24.8 Å². The Labute approximate surface area is 175 Å². The summed E-state index contributed by atoms with van der Waals surface area (Å²) < 4.78 is 1.90. The van der Waals surface area contributed by atoms with E-state index in [9.17, 15) is 0 Å². The Bertz CT molecular complexity index is 1010. The van der Waals surface area contributed by atoms with E-state index in [4.69, 9.17) is 24.4 Å². The second kappa shape index (κ2) is 9.07. The molecule has 4 rings (SSSR count). The van der Waals surface area contributed by atoms with Crippen LogP contribution in [-0.4, -0.2) is 19.9 Å². The monoisotopic (exact) mass is 452 g/mol. The largest absolute Gasteiger partial charge is 0.261 e. The number of hydrogen-bond donors (Lipinski definition) is 0. The van der Waals surface area contributed by atoms with Crippen LogP contribution in [-0.2, 0) is 0 Å². The highest BCUT2D eigenvalue weighted by Gasteiger charge is 2.07. The van der Waals surface area contributed by atoms with E-state index in [-0.39, 0.29) is 0 Å². The lowest BCUT2D eigenvalue weighted by molar-refractivity contribution is 1.21. The van der Waals surface area contributed by atoms with Gasteiger partial charge in [0.1, 0.15) is 7.65 Å². The predicted molar refractivity (Wildman–Crippen MR) is 118 cm³/mol. The molecule has 0 bridgehead atoms. The molecule has 0 aromatic carbocycles. The maximum absolute atomic E-state index is 5.15. The third kappa shape index (κ3) is 4.51. The summed E-state index contributed by atoms with van der Waals surface area (Å²) in [5.74, 6) is 0. The minimum absolute atomic E-state index is 0.914. The highest BCUT2D eigenvalue weighted by atomic mass is 32.9. The van der Waals surface area contributed by atoms with E-state index in [1.54, 1.807) is 78.5 Å². The van der Waals surface area contributed by atoms with Crippen molar-refractivity contribution in [1.29, 1.82) is 0 Å². The van der Waals surface area contributed by atoms with E-state index in [1.807, 2.05) is 13.8 Å². The molecule has 0 fully saturated rings. The number of nitrogens with zero attached hydrogens (tertiary/aromatic N) is 4. The van der Waals surface area contributed by atoms with Crippen LogP contribution >= 0.6 is 65.8 Å². The first kappa shape index (κ1) is 19.5. The Kier molecular flexibility index (Phi) is 6.79. The summed E-state index contributed by atoms with van der Waals surface area (Å²) in [4.78, 5) is 18.8. The highest BCUT2D eigenvalue weighted by Crippen LogP contribution is 2.32. The van der Waals surface area contributed by atoms with Gasteiger partial charge in [-0.15, -0.1) is 0 Å². The summed E-state index contributed by atoms with van der Waals surface area (Å²) in [5.41, 5.74) is 4.12. The zero-order valence-corrected chi connectivity index (χ0v) is 18.6. The molecule has 0 spiro atoms. The van der Waals surface area contributed by atoms with Crippen LogP contribution in [0.15, 0.2) is 37.2 Å². The summed E-state index contributed by atoms with van der Waals surface area (Å²) in [6.07, 6.45) is 10.3. The van der Waals surface area contributed by atoms with Crippen molar-refractivity contribution in [3.8, 4) is 21.1 Å². The summed E-state index contributed by atoms with van der Waals surface area (Å²) in [6, 6.07) is 0. The van der Waals surface area contributed by atoms with Crippen molar-refractivity contribution < 1.29 is 0 Å². The molecule has 0 aliphatic carbocycles. The van der Waals surface area contributed by atoms with Gasteiger partial charge in [-0.3, -0.25) is 19.9 Å².